The fraction of sp³-hybridized carbons (Fsp3) is 0.294. The molecule has 0 aliphatic heterocycles. The summed E-state index contributed by atoms with van der Waals surface area (Å²) in [6.07, 6.45) is 0. The van der Waals surface area contributed by atoms with Gasteiger partial charge in [0.25, 0.3) is 0 Å². The van der Waals surface area contributed by atoms with Crippen LogP contribution in [0.2, 0.25) is 0 Å². The van der Waals surface area contributed by atoms with E-state index in [1.165, 1.54) is 12.1 Å². The minimum atomic E-state index is -0.300. The Bertz CT molecular complexity index is 614. The Morgan fingerprint density at radius 2 is 1.90 bits per heavy atom. The molecule has 112 valence electrons. The lowest BCUT2D eigenvalue weighted by Crippen LogP contribution is -2.07. The molecule has 4 heteroatoms. The molecule has 0 aliphatic carbocycles. The molecule has 0 fully saturated rings. The third-order valence-electron chi connectivity index (χ3n) is 3.26. The van der Waals surface area contributed by atoms with Gasteiger partial charge in [-0.05, 0) is 43.3 Å². The van der Waals surface area contributed by atoms with Gasteiger partial charge < -0.3 is 14.8 Å². The van der Waals surface area contributed by atoms with E-state index >= 15 is 0 Å². The summed E-state index contributed by atoms with van der Waals surface area (Å²) in [7, 11) is 3.53. The van der Waals surface area contributed by atoms with Crippen molar-refractivity contribution in [3.8, 4) is 11.5 Å². The Morgan fingerprint density at radius 1 is 1.10 bits per heavy atom. The largest absolute Gasteiger partial charge is 0.496 e. The molecule has 0 radical (unpaired) electrons. The average molecular weight is 289 g/mol. The van der Waals surface area contributed by atoms with Gasteiger partial charge in [-0.2, -0.15) is 0 Å². The molecule has 2 rings (SSSR count). The van der Waals surface area contributed by atoms with Crippen molar-refractivity contribution in [3.63, 3.8) is 0 Å². The van der Waals surface area contributed by atoms with Crippen molar-refractivity contribution in [2.45, 2.75) is 20.1 Å². The van der Waals surface area contributed by atoms with E-state index in [1.807, 2.05) is 32.2 Å². The van der Waals surface area contributed by atoms with Crippen molar-refractivity contribution in [1.29, 1.82) is 0 Å². The van der Waals surface area contributed by atoms with Crippen LogP contribution in [0.5, 0.6) is 11.5 Å². The van der Waals surface area contributed by atoms with Gasteiger partial charge in [0.05, 0.1) is 7.11 Å². The zero-order valence-corrected chi connectivity index (χ0v) is 12.6. The van der Waals surface area contributed by atoms with E-state index in [0.29, 0.717) is 12.4 Å². The first-order chi connectivity index (χ1) is 10.1. The maximum Gasteiger partial charge on any atom is 0.126 e. The first-order valence-corrected chi connectivity index (χ1v) is 6.83. The molecule has 21 heavy (non-hydrogen) atoms. The zero-order valence-electron chi connectivity index (χ0n) is 12.6. The molecule has 2 aromatic carbocycles. The maximum atomic E-state index is 13.3. The summed E-state index contributed by atoms with van der Waals surface area (Å²) in [6.45, 7) is 3.00. The molecular formula is C17H20FNO2. The highest BCUT2D eigenvalue weighted by Crippen LogP contribution is 2.24. The highest BCUT2D eigenvalue weighted by atomic mass is 19.1. The molecule has 0 bridgehead atoms. The second-order valence-corrected chi connectivity index (χ2v) is 4.88. The lowest BCUT2D eigenvalue weighted by molar-refractivity contribution is 0.293. The Hall–Kier alpha value is -2.07. The van der Waals surface area contributed by atoms with Crippen LogP contribution in [0, 0.1) is 12.7 Å². The van der Waals surface area contributed by atoms with Crippen molar-refractivity contribution >= 4 is 0 Å². The third-order valence-corrected chi connectivity index (χ3v) is 3.26. The number of halogens is 1. The van der Waals surface area contributed by atoms with Crippen LogP contribution in [0.25, 0.3) is 0 Å². The van der Waals surface area contributed by atoms with E-state index in [1.54, 1.807) is 13.2 Å². The van der Waals surface area contributed by atoms with Crippen LogP contribution >= 0.6 is 0 Å². The van der Waals surface area contributed by atoms with Gasteiger partial charge in [-0.15, -0.1) is 0 Å². The Kier molecular flexibility index (Phi) is 5.17. The lowest BCUT2D eigenvalue weighted by Gasteiger charge is -2.13. The van der Waals surface area contributed by atoms with E-state index in [0.717, 1.165) is 29.0 Å². The van der Waals surface area contributed by atoms with Crippen molar-refractivity contribution < 1.29 is 13.9 Å². The second kappa shape index (κ2) is 7.09. The second-order valence-electron chi connectivity index (χ2n) is 4.88. The number of aryl methyl sites for hydroxylation is 1. The molecule has 0 spiro atoms. The Labute approximate surface area is 124 Å². The minimum Gasteiger partial charge on any atom is -0.496 e. The zero-order chi connectivity index (χ0) is 15.2. The number of rotatable bonds is 6. The van der Waals surface area contributed by atoms with Crippen molar-refractivity contribution in [2.75, 3.05) is 14.2 Å². The number of ether oxygens (including phenoxy) is 2. The highest BCUT2D eigenvalue weighted by molar-refractivity contribution is 5.38. The summed E-state index contributed by atoms with van der Waals surface area (Å²) < 4.78 is 24.4. The average Bonchev–Trinajstić information content (AvgIpc) is 2.49. The molecule has 0 saturated carbocycles. The molecule has 3 nitrogen and oxygen atoms in total. The fourth-order valence-electron chi connectivity index (χ4n) is 2.14. The summed E-state index contributed by atoms with van der Waals surface area (Å²) in [5.41, 5.74) is 2.99. The molecule has 0 aliphatic rings. The topological polar surface area (TPSA) is 30.5 Å². The van der Waals surface area contributed by atoms with Gasteiger partial charge in [-0.25, -0.2) is 4.39 Å². The molecule has 0 unspecified atom stereocenters. The maximum absolute atomic E-state index is 13.3. The standard InChI is InChI=1S/C17H20FNO2/c1-12-4-6-15(18)9-17(12)21-11-14-8-13(10-19-2)5-7-16(14)20-3/h4-9,19H,10-11H2,1-3H3. The molecule has 0 amide bonds. The predicted molar refractivity (Wildman–Crippen MR) is 81.2 cm³/mol. The fourth-order valence-corrected chi connectivity index (χ4v) is 2.14. The smallest absolute Gasteiger partial charge is 0.126 e. The summed E-state index contributed by atoms with van der Waals surface area (Å²) >= 11 is 0. The number of hydrogen-bond donors (Lipinski definition) is 1. The van der Waals surface area contributed by atoms with Crippen LogP contribution in [0.1, 0.15) is 16.7 Å². The van der Waals surface area contributed by atoms with E-state index < -0.39 is 0 Å². The van der Waals surface area contributed by atoms with Gasteiger partial charge in [0.15, 0.2) is 0 Å². The molecule has 0 heterocycles. The van der Waals surface area contributed by atoms with Gasteiger partial charge in [-0.3, -0.25) is 0 Å². The van der Waals surface area contributed by atoms with Crippen LogP contribution in [-0.4, -0.2) is 14.2 Å². The van der Waals surface area contributed by atoms with Crippen LogP contribution in [0.3, 0.4) is 0 Å². The number of methoxy groups -OCH3 is 1. The van der Waals surface area contributed by atoms with Crippen LogP contribution in [0.4, 0.5) is 4.39 Å². The van der Waals surface area contributed by atoms with Gasteiger partial charge >= 0.3 is 0 Å². The lowest BCUT2D eigenvalue weighted by atomic mass is 10.1. The first kappa shape index (κ1) is 15.3. The van der Waals surface area contributed by atoms with E-state index in [9.17, 15) is 4.39 Å². The molecule has 0 aromatic heterocycles. The van der Waals surface area contributed by atoms with Gasteiger partial charge in [0.1, 0.15) is 23.9 Å². The van der Waals surface area contributed by atoms with Crippen molar-refractivity contribution in [3.05, 3.63) is 58.9 Å². The predicted octanol–water partition coefficient (Wildman–Crippen LogP) is 3.44. The molecule has 2 aromatic rings. The molecule has 0 atom stereocenters. The monoisotopic (exact) mass is 289 g/mol. The summed E-state index contributed by atoms with van der Waals surface area (Å²) in [5.74, 6) is 1.02. The molecular weight excluding hydrogens is 269 g/mol. The minimum absolute atomic E-state index is 0.300. The number of hydrogen-bond acceptors (Lipinski definition) is 3. The SMILES string of the molecule is CNCc1ccc(OC)c(COc2cc(F)ccc2C)c1. The number of benzene rings is 2. The summed E-state index contributed by atoms with van der Waals surface area (Å²) in [6, 6.07) is 10.5. The molecule has 0 saturated heterocycles. The van der Waals surface area contributed by atoms with Crippen molar-refractivity contribution in [1.82, 2.24) is 5.32 Å². The number of nitrogens with one attached hydrogen (secondary N) is 1. The van der Waals surface area contributed by atoms with Crippen LogP contribution < -0.4 is 14.8 Å². The van der Waals surface area contributed by atoms with Crippen molar-refractivity contribution in [2.24, 2.45) is 0 Å². The highest BCUT2D eigenvalue weighted by Gasteiger charge is 2.07. The molecule has 1 N–H and O–H groups in total. The van der Waals surface area contributed by atoms with Crippen LogP contribution in [-0.2, 0) is 13.2 Å². The van der Waals surface area contributed by atoms with Gasteiger partial charge in [0, 0.05) is 18.2 Å². The van der Waals surface area contributed by atoms with E-state index in [4.69, 9.17) is 9.47 Å². The normalized spacial score (nSPS) is 10.5. The van der Waals surface area contributed by atoms with Gasteiger partial charge in [-0.1, -0.05) is 12.1 Å². The quantitative estimate of drug-likeness (QED) is 0.883. The van der Waals surface area contributed by atoms with Gasteiger partial charge in [0.2, 0.25) is 0 Å². The van der Waals surface area contributed by atoms with E-state index in [2.05, 4.69) is 5.32 Å². The summed E-state index contributed by atoms with van der Waals surface area (Å²) in [4.78, 5) is 0. The first-order valence-electron chi connectivity index (χ1n) is 6.83. The van der Waals surface area contributed by atoms with Crippen LogP contribution in [0.15, 0.2) is 36.4 Å². The third kappa shape index (κ3) is 3.95. The summed E-state index contributed by atoms with van der Waals surface area (Å²) in [5, 5.41) is 3.11. The Balaban J connectivity index is 2.18. The van der Waals surface area contributed by atoms with E-state index in [-0.39, 0.29) is 5.82 Å². The Morgan fingerprint density at radius 3 is 2.62 bits per heavy atom.